The normalized spacial score (nSPS) is 14.2. The van der Waals surface area contributed by atoms with Gasteiger partial charge in [-0.3, -0.25) is 9.59 Å². The summed E-state index contributed by atoms with van der Waals surface area (Å²) in [5.74, 6) is 0.768. The Morgan fingerprint density at radius 3 is 2.03 bits per heavy atom. The summed E-state index contributed by atoms with van der Waals surface area (Å²) in [5.41, 5.74) is 1.36. The van der Waals surface area contributed by atoms with Crippen LogP contribution in [0.3, 0.4) is 0 Å². The van der Waals surface area contributed by atoms with Crippen molar-refractivity contribution in [3.05, 3.63) is 77.9 Å². The molecule has 30 heavy (non-hydrogen) atoms. The molecule has 1 aliphatic rings. The second-order valence-electron chi connectivity index (χ2n) is 7.80. The molecule has 3 aromatic rings. The minimum Gasteiger partial charge on any atom is -0.491 e. The van der Waals surface area contributed by atoms with Crippen LogP contribution in [0.15, 0.2) is 66.7 Å². The molecule has 1 heterocycles. The molecule has 1 fully saturated rings. The van der Waals surface area contributed by atoms with Crippen molar-refractivity contribution in [2.45, 2.75) is 20.0 Å². The van der Waals surface area contributed by atoms with Crippen molar-refractivity contribution in [3.8, 4) is 5.75 Å². The predicted octanol–water partition coefficient (Wildman–Crippen LogP) is 4.23. The second kappa shape index (κ2) is 8.57. The molecule has 1 aliphatic heterocycles. The van der Waals surface area contributed by atoms with E-state index in [1.54, 1.807) is 12.1 Å². The molecule has 0 saturated carbocycles. The van der Waals surface area contributed by atoms with Crippen LogP contribution in [-0.2, 0) is 0 Å². The van der Waals surface area contributed by atoms with E-state index in [0.29, 0.717) is 37.3 Å². The van der Waals surface area contributed by atoms with Crippen LogP contribution in [0.5, 0.6) is 5.75 Å². The fourth-order valence-electron chi connectivity index (χ4n) is 3.83. The van der Waals surface area contributed by atoms with Crippen LogP contribution in [0.2, 0.25) is 0 Å². The van der Waals surface area contributed by atoms with Gasteiger partial charge in [-0.25, -0.2) is 0 Å². The number of fused-ring (bicyclic) bond motifs is 1. The molecule has 0 aromatic heterocycles. The summed E-state index contributed by atoms with van der Waals surface area (Å²) >= 11 is 0. The van der Waals surface area contributed by atoms with Gasteiger partial charge in [-0.15, -0.1) is 0 Å². The van der Waals surface area contributed by atoms with Gasteiger partial charge in [-0.1, -0.05) is 36.4 Å². The first-order chi connectivity index (χ1) is 14.5. The smallest absolute Gasteiger partial charge is 0.254 e. The van der Waals surface area contributed by atoms with Crippen LogP contribution in [0.1, 0.15) is 34.6 Å². The van der Waals surface area contributed by atoms with E-state index >= 15 is 0 Å². The summed E-state index contributed by atoms with van der Waals surface area (Å²) < 4.78 is 5.64. The third-order valence-electron chi connectivity index (χ3n) is 5.35. The molecule has 0 aliphatic carbocycles. The van der Waals surface area contributed by atoms with E-state index in [2.05, 4.69) is 0 Å². The van der Waals surface area contributed by atoms with Crippen molar-refractivity contribution in [1.29, 1.82) is 0 Å². The lowest BCUT2D eigenvalue weighted by Gasteiger charge is -2.35. The Bertz CT molecular complexity index is 1050. The van der Waals surface area contributed by atoms with Crippen LogP contribution in [-0.4, -0.2) is 53.9 Å². The molecule has 0 N–H and O–H groups in total. The lowest BCUT2D eigenvalue weighted by Crippen LogP contribution is -2.50. The molecule has 0 atom stereocenters. The average molecular weight is 402 g/mol. The number of carbonyl (C=O) groups is 2. The van der Waals surface area contributed by atoms with Gasteiger partial charge in [0.05, 0.1) is 6.10 Å². The van der Waals surface area contributed by atoms with Crippen molar-refractivity contribution in [2.75, 3.05) is 26.2 Å². The maximum Gasteiger partial charge on any atom is 0.254 e. The number of hydrogen-bond acceptors (Lipinski definition) is 3. The topological polar surface area (TPSA) is 49.9 Å². The van der Waals surface area contributed by atoms with E-state index in [4.69, 9.17) is 4.74 Å². The summed E-state index contributed by atoms with van der Waals surface area (Å²) in [6, 6.07) is 21.0. The van der Waals surface area contributed by atoms with Gasteiger partial charge < -0.3 is 14.5 Å². The molecule has 5 heteroatoms. The number of piperazine rings is 1. The highest BCUT2D eigenvalue weighted by Gasteiger charge is 2.26. The highest BCUT2D eigenvalue weighted by molar-refractivity contribution is 6.07. The van der Waals surface area contributed by atoms with E-state index in [9.17, 15) is 9.59 Å². The summed E-state index contributed by atoms with van der Waals surface area (Å²) in [4.78, 5) is 29.6. The quantitative estimate of drug-likeness (QED) is 0.656. The lowest BCUT2D eigenvalue weighted by molar-refractivity contribution is 0.0536. The van der Waals surface area contributed by atoms with Gasteiger partial charge >= 0.3 is 0 Å². The first-order valence-corrected chi connectivity index (χ1v) is 10.4. The Labute approximate surface area is 176 Å². The molecule has 0 spiro atoms. The Morgan fingerprint density at radius 1 is 0.767 bits per heavy atom. The molecule has 5 nitrogen and oxygen atoms in total. The van der Waals surface area contributed by atoms with Gasteiger partial charge in [-0.05, 0) is 55.0 Å². The zero-order valence-corrected chi connectivity index (χ0v) is 17.4. The number of amides is 2. The maximum absolute atomic E-state index is 13.1. The SMILES string of the molecule is CC(C)Oc1ccc(C(=O)N2CCN(C(=O)c3cccc4ccccc34)CC2)cc1. The number of ether oxygens (including phenoxy) is 1. The number of benzene rings is 3. The molecule has 0 unspecified atom stereocenters. The third-order valence-corrected chi connectivity index (χ3v) is 5.35. The van der Waals surface area contributed by atoms with Crippen molar-refractivity contribution in [1.82, 2.24) is 9.80 Å². The van der Waals surface area contributed by atoms with E-state index in [1.807, 2.05) is 78.2 Å². The number of rotatable bonds is 4. The zero-order chi connectivity index (χ0) is 21.1. The molecular weight excluding hydrogens is 376 g/mol. The molecule has 0 bridgehead atoms. The number of nitrogens with zero attached hydrogens (tertiary/aromatic N) is 2. The highest BCUT2D eigenvalue weighted by atomic mass is 16.5. The first kappa shape index (κ1) is 20.0. The molecule has 0 radical (unpaired) electrons. The monoisotopic (exact) mass is 402 g/mol. The predicted molar refractivity (Wildman–Crippen MR) is 118 cm³/mol. The van der Waals surface area contributed by atoms with Crippen molar-refractivity contribution in [2.24, 2.45) is 0 Å². The summed E-state index contributed by atoms with van der Waals surface area (Å²) in [7, 11) is 0. The van der Waals surface area contributed by atoms with Crippen LogP contribution in [0.4, 0.5) is 0 Å². The highest BCUT2D eigenvalue weighted by Crippen LogP contribution is 2.21. The third kappa shape index (κ3) is 4.15. The fourth-order valence-corrected chi connectivity index (χ4v) is 3.83. The largest absolute Gasteiger partial charge is 0.491 e. The van der Waals surface area contributed by atoms with Crippen molar-refractivity contribution >= 4 is 22.6 Å². The standard InChI is InChI=1S/C25H26N2O3/c1-18(2)30-21-12-10-20(11-13-21)24(28)26-14-16-27(17-15-26)25(29)23-9-5-7-19-6-3-4-8-22(19)23/h3-13,18H,14-17H2,1-2H3. The minimum atomic E-state index is -0.0108. The molecule has 1 saturated heterocycles. The fraction of sp³-hybridized carbons (Fsp3) is 0.280. The second-order valence-corrected chi connectivity index (χ2v) is 7.80. The van der Waals surface area contributed by atoms with E-state index in [1.165, 1.54) is 0 Å². The first-order valence-electron chi connectivity index (χ1n) is 10.4. The molecule has 154 valence electrons. The van der Waals surface area contributed by atoms with Gasteiger partial charge in [0, 0.05) is 37.3 Å². The van der Waals surface area contributed by atoms with Gasteiger partial charge in [0.1, 0.15) is 5.75 Å². The van der Waals surface area contributed by atoms with E-state index in [-0.39, 0.29) is 17.9 Å². The maximum atomic E-state index is 13.1. The lowest BCUT2D eigenvalue weighted by atomic mass is 10.0. The molecule has 4 rings (SSSR count). The minimum absolute atomic E-state index is 0.0108. The summed E-state index contributed by atoms with van der Waals surface area (Å²) in [6.45, 7) is 6.06. The van der Waals surface area contributed by atoms with Crippen LogP contribution in [0.25, 0.3) is 10.8 Å². The summed E-state index contributed by atoms with van der Waals surface area (Å²) in [5, 5.41) is 2.02. The van der Waals surface area contributed by atoms with Crippen LogP contribution >= 0.6 is 0 Å². The Balaban J connectivity index is 1.41. The molecule has 2 amide bonds. The molecule has 3 aromatic carbocycles. The Kier molecular flexibility index (Phi) is 5.70. The van der Waals surface area contributed by atoms with Gasteiger partial charge in [-0.2, -0.15) is 0 Å². The number of hydrogen-bond donors (Lipinski definition) is 0. The summed E-state index contributed by atoms with van der Waals surface area (Å²) in [6.07, 6.45) is 0.0962. The van der Waals surface area contributed by atoms with Crippen molar-refractivity contribution < 1.29 is 14.3 Å². The Morgan fingerprint density at radius 2 is 1.37 bits per heavy atom. The van der Waals surface area contributed by atoms with Gasteiger partial charge in [0.25, 0.3) is 11.8 Å². The van der Waals surface area contributed by atoms with E-state index in [0.717, 1.165) is 16.5 Å². The zero-order valence-electron chi connectivity index (χ0n) is 17.4. The number of carbonyl (C=O) groups excluding carboxylic acids is 2. The molecular formula is C25H26N2O3. The van der Waals surface area contributed by atoms with Crippen LogP contribution in [0, 0.1) is 0 Å². The van der Waals surface area contributed by atoms with Gasteiger partial charge in [0.15, 0.2) is 0 Å². The van der Waals surface area contributed by atoms with E-state index < -0.39 is 0 Å². The average Bonchev–Trinajstić information content (AvgIpc) is 2.78. The van der Waals surface area contributed by atoms with Crippen LogP contribution < -0.4 is 4.74 Å². The Hall–Kier alpha value is -3.34. The van der Waals surface area contributed by atoms with Crippen molar-refractivity contribution in [3.63, 3.8) is 0 Å². The van der Waals surface area contributed by atoms with Gasteiger partial charge in [0.2, 0.25) is 0 Å².